The van der Waals surface area contributed by atoms with E-state index in [4.69, 9.17) is 0 Å². The molecule has 0 N–H and O–H groups in total. The summed E-state index contributed by atoms with van der Waals surface area (Å²) in [5, 5.41) is 4.28. The van der Waals surface area contributed by atoms with Gasteiger partial charge in [0.2, 0.25) is 0 Å². The smallest absolute Gasteiger partial charge is 0.309 e. The highest BCUT2D eigenvalue weighted by Crippen LogP contribution is 2.37. The molecule has 5 nitrogen and oxygen atoms in total. The van der Waals surface area contributed by atoms with Crippen molar-refractivity contribution >= 4 is 23.3 Å². The zero-order chi connectivity index (χ0) is 19.6. The molecule has 0 unspecified atom stereocenters. The van der Waals surface area contributed by atoms with Gasteiger partial charge in [0.25, 0.3) is 5.91 Å². The van der Waals surface area contributed by atoms with E-state index in [0.29, 0.717) is 25.9 Å². The second kappa shape index (κ2) is 8.05. The Morgan fingerprint density at radius 2 is 1.79 bits per heavy atom. The Morgan fingerprint density at radius 3 is 2.43 bits per heavy atom. The molecule has 1 aromatic carbocycles. The van der Waals surface area contributed by atoms with Crippen molar-refractivity contribution in [1.82, 2.24) is 14.7 Å². The SMILES string of the molecule is CCN1C(=O)N(CCc2ccccc2)C2(CCN(Cc3ccsc3)CC2)C1=O. The number of carbonyl (C=O) groups excluding carboxylic acids is 2. The topological polar surface area (TPSA) is 43.9 Å². The van der Waals surface area contributed by atoms with E-state index in [1.54, 1.807) is 11.3 Å². The lowest BCUT2D eigenvalue weighted by Gasteiger charge is -2.42. The molecule has 3 amide bonds. The molecule has 4 rings (SSSR count). The summed E-state index contributed by atoms with van der Waals surface area (Å²) in [5.41, 5.74) is 1.86. The van der Waals surface area contributed by atoms with Crippen LogP contribution in [-0.2, 0) is 17.8 Å². The number of nitrogens with zero attached hydrogens (tertiary/aromatic N) is 3. The van der Waals surface area contributed by atoms with Crippen molar-refractivity contribution in [3.05, 3.63) is 58.3 Å². The minimum absolute atomic E-state index is 0.00300. The number of rotatable bonds is 6. The van der Waals surface area contributed by atoms with E-state index in [0.717, 1.165) is 26.1 Å². The van der Waals surface area contributed by atoms with Crippen molar-refractivity contribution < 1.29 is 9.59 Å². The predicted molar refractivity (Wildman–Crippen MR) is 111 cm³/mol. The molecule has 6 heteroatoms. The van der Waals surface area contributed by atoms with E-state index in [1.165, 1.54) is 16.0 Å². The molecule has 1 spiro atoms. The van der Waals surface area contributed by atoms with Crippen molar-refractivity contribution in [2.75, 3.05) is 26.2 Å². The first kappa shape index (κ1) is 19.2. The zero-order valence-corrected chi connectivity index (χ0v) is 17.2. The average molecular weight is 398 g/mol. The van der Waals surface area contributed by atoms with E-state index in [1.807, 2.05) is 30.0 Å². The minimum Gasteiger partial charge on any atom is -0.309 e. The first-order chi connectivity index (χ1) is 13.6. The molecule has 2 saturated heterocycles. The van der Waals surface area contributed by atoms with Crippen LogP contribution in [0.5, 0.6) is 0 Å². The number of imide groups is 1. The molecule has 0 atom stereocenters. The number of likely N-dealkylation sites (N-methyl/N-ethyl adjacent to an activating group) is 1. The summed E-state index contributed by atoms with van der Waals surface area (Å²) >= 11 is 1.72. The largest absolute Gasteiger partial charge is 0.327 e. The number of hydrogen-bond donors (Lipinski definition) is 0. The van der Waals surface area contributed by atoms with Gasteiger partial charge in [-0.2, -0.15) is 11.3 Å². The summed E-state index contributed by atoms with van der Waals surface area (Å²) in [6.07, 6.45) is 2.21. The van der Waals surface area contributed by atoms with Crippen LogP contribution in [0.2, 0.25) is 0 Å². The number of likely N-dealkylation sites (tertiary alicyclic amines) is 1. The maximum atomic E-state index is 13.2. The predicted octanol–water partition coefficient (Wildman–Crippen LogP) is 3.61. The van der Waals surface area contributed by atoms with Crippen LogP contribution in [-0.4, -0.2) is 58.4 Å². The van der Waals surface area contributed by atoms with Gasteiger partial charge in [-0.1, -0.05) is 30.3 Å². The highest BCUT2D eigenvalue weighted by atomic mass is 32.1. The van der Waals surface area contributed by atoms with Gasteiger partial charge in [-0.15, -0.1) is 0 Å². The van der Waals surface area contributed by atoms with Crippen LogP contribution < -0.4 is 0 Å². The van der Waals surface area contributed by atoms with Crippen molar-refractivity contribution in [2.45, 2.75) is 38.3 Å². The number of carbonyl (C=O) groups is 2. The monoisotopic (exact) mass is 397 g/mol. The van der Waals surface area contributed by atoms with Gasteiger partial charge in [-0.3, -0.25) is 14.6 Å². The molecule has 0 saturated carbocycles. The van der Waals surface area contributed by atoms with Crippen LogP contribution in [0.15, 0.2) is 47.2 Å². The third-order valence-electron chi connectivity index (χ3n) is 6.07. The Bertz CT molecular complexity index is 814. The maximum absolute atomic E-state index is 13.2. The molecule has 2 aromatic rings. The number of hydrogen-bond acceptors (Lipinski definition) is 4. The first-order valence-electron chi connectivity index (χ1n) is 10.0. The zero-order valence-electron chi connectivity index (χ0n) is 16.3. The number of thiophene rings is 1. The van der Waals surface area contributed by atoms with Crippen LogP contribution in [0.3, 0.4) is 0 Å². The number of amides is 3. The Morgan fingerprint density at radius 1 is 1.04 bits per heavy atom. The number of benzene rings is 1. The van der Waals surface area contributed by atoms with Crippen LogP contribution in [0.4, 0.5) is 4.79 Å². The fourth-order valence-corrected chi connectivity index (χ4v) is 5.12. The Labute approximate surface area is 170 Å². The summed E-state index contributed by atoms with van der Waals surface area (Å²) in [4.78, 5) is 31.9. The van der Waals surface area contributed by atoms with Crippen LogP contribution in [0.25, 0.3) is 0 Å². The summed E-state index contributed by atoms with van der Waals surface area (Å²) in [5.74, 6) is 0.00300. The molecular formula is C22H27N3O2S. The van der Waals surface area contributed by atoms with Crippen LogP contribution in [0, 0.1) is 0 Å². The second-order valence-electron chi connectivity index (χ2n) is 7.66. The van der Waals surface area contributed by atoms with Crippen molar-refractivity contribution in [2.24, 2.45) is 0 Å². The van der Waals surface area contributed by atoms with Gasteiger partial charge < -0.3 is 4.90 Å². The van der Waals surface area contributed by atoms with Gasteiger partial charge >= 0.3 is 6.03 Å². The molecule has 2 aliphatic heterocycles. The standard InChI is InChI=1S/C22H27N3O2S/c1-2-24-20(26)22(10-13-23(14-11-22)16-19-9-15-28-17-19)25(21(24)27)12-8-18-6-4-3-5-7-18/h3-7,9,15,17H,2,8,10-14,16H2,1H3. The van der Waals surface area contributed by atoms with Crippen molar-refractivity contribution in [3.8, 4) is 0 Å². The third-order valence-corrected chi connectivity index (χ3v) is 6.81. The Balaban J connectivity index is 1.49. The Kier molecular flexibility index (Phi) is 5.51. The van der Waals surface area contributed by atoms with Gasteiger partial charge in [0.15, 0.2) is 0 Å². The minimum atomic E-state index is -0.660. The summed E-state index contributed by atoms with van der Waals surface area (Å²) in [6, 6.07) is 12.2. The third kappa shape index (κ3) is 3.47. The molecule has 3 heterocycles. The lowest BCUT2D eigenvalue weighted by Crippen LogP contribution is -2.56. The molecule has 0 aliphatic carbocycles. The van der Waals surface area contributed by atoms with Crippen molar-refractivity contribution in [1.29, 1.82) is 0 Å². The molecule has 2 aliphatic rings. The molecule has 2 fully saturated rings. The highest BCUT2D eigenvalue weighted by molar-refractivity contribution is 7.07. The lowest BCUT2D eigenvalue weighted by molar-refractivity contribution is -0.135. The molecular weight excluding hydrogens is 370 g/mol. The molecule has 148 valence electrons. The molecule has 1 aromatic heterocycles. The average Bonchev–Trinajstić information content (AvgIpc) is 3.29. The van der Waals surface area contributed by atoms with Crippen molar-refractivity contribution in [3.63, 3.8) is 0 Å². The van der Waals surface area contributed by atoms with Crippen LogP contribution in [0.1, 0.15) is 30.9 Å². The fraction of sp³-hybridized carbons (Fsp3) is 0.455. The normalized spacial score (nSPS) is 19.8. The van der Waals surface area contributed by atoms with E-state index in [-0.39, 0.29) is 11.9 Å². The van der Waals surface area contributed by atoms with E-state index >= 15 is 0 Å². The lowest BCUT2D eigenvalue weighted by atomic mass is 9.85. The van der Waals surface area contributed by atoms with Gasteiger partial charge in [0.05, 0.1) is 0 Å². The number of urea groups is 1. The Hall–Kier alpha value is -2.18. The summed E-state index contributed by atoms with van der Waals surface area (Å²) in [7, 11) is 0. The highest BCUT2D eigenvalue weighted by Gasteiger charge is 2.57. The van der Waals surface area contributed by atoms with Gasteiger partial charge in [0, 0.05) is 32.7 Å². The quantitative estimate of drug-likeness (QED) is 0.700. The van der Waals surface area contributed by atoms with Crippen LogP contribution >= 0.6 is 11.3 Å². The maximum Gasteiger partial charge on any atom is 0.327 e. The second-order valence-corrected chi connectivity index (χ2v) is 8.44. The van der Waals surface area contributed by atoms with E-state index in [2.05, 4.69) is 33.9 Å². The van der Waals surface area contributed by atoms with E-state index in [9.17, 15) is 9.59 Å². The molecule has 28 heavy (non-hydrogen) atoms. The first-order valence-corrected chi connectivity index (χ1v) is 11.0. The van der Waals surface area contributed by atoms with Gasteiger partial charge in [0.1, 0.15) is 5.54 Å². The summed E-state index contributed by atoms with van der Waals surface area (Å²) in [6.45, 7) is 5.52. The summed E-state index contributed by atoms with van der Waals surface area (Å²) < 4.78 is 0. The van der Waals surface area contributed by atoms with Gasteiger partial charge in [-0.05, 0) is 54.1 Å². The number of piperidine rings is 1. The van der Waals surface area contributed by atoms with E-state index < -0.39 is 5.54 Å². The van der Waals surface area contributed by atoms with Gasteiger partial charge in [-0.25, -0.2) is 4.79 Å². The molecule has 0 radical (unpaired) electrons. The fourth-order valence-electron chi connectivity index (χ4n) is 4.46. The molecule has 0 bridgehead atoms.